The van der Waals surface area contributed by atoms with E-state index in [1.807, 2.05) is 31.2 Å². The van der Waals surface area contributed by atoms with E-state index in [0.717, 1.165) is 17.2 Å². The van der Waals surface area contributed by atoms with Crippen LogP contribution in [0.25, 0.3) is 12.2 Å². The van der Waals surface area contributed by atoms with Crippen molar-refractivity contribution < 1.29 is 14.6 Å². The van der Waals surface area contributed by atoms with Crippen molar-refractivity contribution in [3.05, 3.63) is 63.2 Å². The number of hydrogen-bond donors (Lipinski definition) is 2. The van der Waals surface area contributed by atoms with Crippen molar-refractivity contribution in [2.75, 3.05) is 0 Å². The van der Waals surface area contributed by atoms with E-state index in [4.69, 9.17) is 9.52 Å². The average molecular weight is 258 g/mol. The van der Waals surface area contributed by atoms with Gasteiger partial charge in [-0.3, -0.25) is 4.79 Å². The fourth-order valence-corrected chi connectivity index (χ4v) is 1.60. The molecule has 0 amide bonds. The van der Waals surface area contributed by atoms with Gasteiger partial charge in [0.1, 0.15) is 12.4 Å². The summed E-state index contributed by atoms with van der Waals surface area (Å²) in [4.78, 5) is 11.4. The molecule has 0 aliphatic rings. The van der Waals surface area contributed by atoms with Gasteiger partial charge in [-0.15, -0.1) is 0 Å². The fraction of sp³-hybridized carbons (Fsp3) is 0.133. The lowest BCUT2D eigenvalue weighted by Gasteiger charge is -2.01. The molecule has 2 rings (SSSR count). The van der Waals surface area contributed by atoms with Gasteiger partial charge in [0.2, 0.25) is 11.2 Å². The van der Waals surface area contributed by atoms with Crippen LogP contribution in [0.2, 0.25) is 0 Å². The van der Waals surface area contributed by atoms with E-state index in [2.05, 4.69) is 0 Å². The third-order valence-corrected chi connectivity index (χ3v) is 2.66. The van der Waals surface area contributed by atoms with Crippen LogP contribution in [0, 0.1) is 6.92 Å². The van der Waals surface area contributed by atoms with E-state index in [1.165, 1.54) is 6.08 Å². The second-order valence-electron chi connectivity index (χ2n) is 4.19. The van der Waals surface area contributed by atoms with E-state index in [0.29, 0.717) is 0 Å². The third-order valence-electron chi connectivity index (χ3n) is 2.66. The van der Waals surface area contributed by atoms with E-state index in [-0.39, 0.29) is 18.1 Å². The first-order valence-corrected chi connectivity index (χ1v) is 5.82. The van der Waals surface area contributed by atoms with Crippen molar-refractivity contribution in [2.45, 2.75) is 13.5 Å². The molecule has 4 nitrogen and oxygen atoms in total. The predicted molar refractivity (Wildman–Crippen MR) is 72.7 cm³/mol. The molecule has 98 valence electrons. The van der Waals surface area contributed by atoms with Gasteiger partial charge in [0.15, 0.2) is 5.76 Å². The zero-order chi connectivity index (χ0) is 13.8. The Morgan fingerprint density at radius 3 is 2.53 bits per heavy atom. The lowest BCUT2D eigenvalue weighted by atomic mass is 10.1. The van der Waals surface area contributed by atoms with Gasteiger partial charge in [-0.05, 0) is 18.6 Å². The highest BCUT2D eigenvalue weighted by atomic mass is 16.4. The summed E-state index contributed by atoms with van der Waals surface area (Å²) < 4.78 is 5.20. The van der Waals surface area contributed by atoms with Gasteiger partial charge >= 0.3 is 0 Å². The number of hydrogen-bond acceptors (Lipinski definition) is 4. The largest absolute Gasteiger partial charge is 0.502 e. The molecule has 0 fully saturated rings. The number of rotatable bonds is 3. The average Bonchev–Trinajstić information content (AvgIpc) is 2.42. The molecule has 2 aromatic rings. The van der Waals surface area contributed by atoms with Crippen molar-refractivity contribution in [2.24, 2.45) is 0 Å². The maximum atomic E-state index is 11.4. The minimum absolute atomic E-state index is 0.0390. The Bertz CT molecular complexity index is 651. The molecular formula is C15H14O4. The van der Waals surface area contributed by atoms with E-state index in [9.17, 15) is 9.90 Å². The minimum Gasteiger partial charge on any atom is -0.502 e. The van der Waals surface area contributed by atoms with Crippen LogP contribution in [-0.4, -0.2) is 10.2 Å². The first kappa shape index (κ1) is 13.1. The number of aliphatic hydroxyl groups is 1. The lowest BCUT2D eigenvalue weighted by molar-refractivity contribution is 0.240. The van der Waals surface area contributed by atoms with Gasteiger partial charge in [-0.1, -0.05) is 35.9 Å². The fourth-order valence-electron chi connectivity index (χ4n) is 1.60. The van der Waals surface area contributed by atoms with Crippen LogP contribution in [0.5, 0.6) is 5.75 Å². The number of aromatic hydroxyl groups is 1. The molecule has 0 radical (unpaired) electrons. The molecule has 2 N–H and O–H groups in total. The van der Waals surface area contributed by atoms with Gasteiger partial charge in [0, 0.05) is 6.07 Å². The first-order chi connectivity index (χ1) is 9.10. The summed E-state index contributed by atoms with van der Waals surface area (Å²) in [7, 11) is 0. The van der Waals surface area contributed by atoms with Gasteiger partial charge in [-0.2, -0.15) is 0 Å². The van der Waals surface area contributed by atoms with Crippen LogP contribution < -0.4 is 5.43 Å². The van der Waals surface area contributed by atoms with E-state index >= 15 is 0 Å². The summed E-state index contributed by atoms with van der Waals surface area (Å²) in [6.07, 6.45) is 3.22. The van der Waals surface area contributed by atoms with Crippen molar-refractivity contribution in [1.29, 1.82) is 0 Å². The topological polar surface area (TPSA) is 70.7 Å². The second kappa shape index (κ2) is 5.54. The molecule has 0 spiro atoms. The molecule has 0 aliphatic carbocycles. The van der Waals surface area contributed by atoms with Crippen LogP contribution in [0.3, 0.4) is 0 Å². The summed E-state index contributed by atoms with van der Waals surface area (Å²) in [5.41, 5.74) is 1.50. The summed E-state index contributed by atoms with van der Waals surface area (Å²) in [6.45, 7) is 1.60. The SMILES string of the molecule is Cc1ccc(/C=C/c2oc(CO)cc(=O)c2O)cc1. The lowest BCUT2D eigenvalue weighted by Crippen LogP contribution is -2.02. The highest BCUT2D eigenvalue weighted by molar-refractivity contribution is 5.69. The molecule has 19 heavy (non-hydrogen) atoms. The van der Waals surface area contributed by atoms with Crippen LogP contribution >= 0.6 is 0 Å². The molecule has 1 aromatic heterocycles. The highest BCUT2D eigenvalue weighted by Crippen LogP contribution is 2.17. The number of aliphatic hydroxyl groups excluding tert-OH is 1. The number of benzene rings is 1. The Labute approximate surface area is 110 Å². The zero-order valence-corrected chi connectivity index (χ0v) is 10.5. The van der Waals surface area contributed by atoms with Gasteiger partial charge in [-0.25, -0.2) is 0 Å². The zero-order valence-electron chi connectivity index (χ0n) is 10.5. The summed E-state index contributed by atoms with van der Waals surface area (Å²) in [5.74, 6) is -0.302. The minimum atomic E-state index is -0.571. The Balaban J connectivity index is 2.35. The maximum Gasteiger partial charge on any atom is 0.227 e. The number of aryl methyl sites for hydroxylation is 1. The first-order valence-electron chi connectivity index (χ1n) is 5.82. The van der Waals surface area contributed by atoms with Crippen LogP contribution in [0.1, 0.15) is 22.6 Å². The van der Waals surface area contributed by atoms with Crippen molar-refractivity contribution in [3.63, 3.8) is 0 Å². The molecule has 0 aliphatic heterocycles. The van der Waals surface area contributed by atoms with Crippen LogP contribution in [-0.2, 0) is 6.61 Å². The molecule has 4 heteroatoms. The van der Waals surface area contributed by atoms with Gasteiger partial charge in [0.05, 0.1) is 0 Å². The Kier molecular flexibility index (Phi) is 3.82. The summed E-state index contributed by atoms with van der Waals surface area (Å²) in [6, 6.07) is 8.81. The van der Waals surface area contributed by atoms with E-state index < -0.39 is 11.2 Å². The van der Waals surface area contributed by atoms with Crippen molar-refractivity contribution in [1.82, 2.24) is 0 Å². The quantitative estimate of drug-likeness (QED) is 0.886. The monoisotopic (exact) mass is 258 g/mol. The molecule has 1 heterocycles. The normalized spacial score (nSPS) is 11.1. The Morgan fingerprint density at radius 2 is 1.89 bits per heavy atom. The second-order valence-corrected chi connectivity index (χ2v) is 4.19. The van der Waals surface area contributed by atoms with Gasteiger partial charge in [0.25, 0.3) is 0 Å². The van der Waals surface area contributed by atoms with Crippen molar-refractivity contribution in [3.8, 4) is 5.75 Å². The van der Waals surface area contributed by atoms with Crippen LogP contribution in [0.4, 0.5) is 0 Å². The molecule has 0 unspecified atom stereocenters. The van der Waals surface area contributed by atoms with Crippen molar-refractivity contribution >= 4 is 12.2 Å². The standard InChI is InChI=1S/C15H14O4/c1-10-2-4-11(5-3-10)6-7-14-15(18)13(17)8-12(9-16)19-14/h2-8,16,18H,9H2,1H3/b7-6+. The summed E-state index contributed by atoms with van der Waals surface area (Å²) in [5, 5.41) is 18.6. The Morgan fingerprint density at radius 1 is 1.21 bits per heavy atom. The highest BCUT2D eigenvalue weighted by Gasteiger charge is 2.07. The maximum absolute atomic E-state index is 11.4. The Hall–Kier alpha value is -2.33. The third kappa shape index (κ3) is 3.11. The molecule has 0 saturated heterocycles. The molecular weight excluding hydrogens is 244 g/mol. The molecule has 0 atom stereocenters. The molecule has 0 bridgehead atoms. The van der Waals surface area contributed by atoms with Crippen LogP contribution in [0.15, 0.2) is 39.5 Å². The smallest absolute Gasteiger partial charge is 0.227 e. The van der Waals surface area contributed by atoms with E-state index in [1.54, 1.807) is 6.08 Å². The predicted octanol–water partition coefficient (Wildman–Crippen LogP) is 2.32. The molecule has 0 saturated carbocycles. The van der Waals surface area contributed by atoms with Gasteiger partial charge < -0.3 is 14.6 Å². The summed E-state index contributed by atoms with van der Waals surface area (Å²) >= 11 is 0. The molecule has 1 aromatic carbocycles.